The van der Waals surface area contributed by atoms with Crippen molar-refractivity contribution in [2.24, 2.45) is 0 Å². The second kappa shape index (κ2) is 12.5. The predicted molar refractivity (Wildman–Crippen MR) is 225 cm³/mol. The summed E-state index contributed by atoms with van der Waals surface area (Å²) in [6.45, 7) is 2.41. The summed E-state index contributed by atoms with van der Waals surface area (Å²) in [5.41, 5.74) is 13.2. The van der Waals surface area contributed by atoms with Gasteiger partial charge in [-0.15, -0.1) is 0 Å². The van der Waals surface area contributed by atoms with Crippen LogP contribution in [-0.2, 0) is 5.41 Å². The van der Waals surface area contributed by atoms with Gasteiger partial charge in [-0.1, -0.05) is 158 Å². The monoisotopic (exact) mass is 678 g/mol. The second-order valence-corrected chi connectivity index (χ2v) is 14.3. The molecule has 0 saturated heterocycles. The molecule has 0 bridgehead atoms. The Morgan fingerprint density at radius 2 is 1.00 bits per heavy atom. The Balaban J connectivity index is 1.16. The van der Waals surface area contributed by atoms with Crippen LogP contribution in [0.25, 0.3) is 66.5 Å². The summed E-state index contributed by atoms with van der Waals surface area (Å²) in [7, 11) is 0. The van der Waals surface area contributed by atoms with Gasteiger partial charge in [0, 0.05) is 39.1 Å². The molecule has 2 nitrogen and oxygen atoms in total. The second-order valence-electron chi connectivity index (χ2n) is 14.3. The average Bonchev–Trinajstić information content (AvgIpc) is 3.57. The fourth-order valence-corrected chi connectivity index (χ4v) is 8.88. The predicted octanol–water partition coefficient (Wildman–Crippen LogP) is 13.7. The van der Waals surface area contributed by atoms with Crippen molar-refractivity contribution in [2.75, 3.05) is 5.32 Å². The van der Waals surface area contributed by atoms with E-state index in [1.807, 2.05) is 0 Å². The Bertz CT molecular complexity index is 2770. The minimum absolute atomic E-state index is 0.292. The molecule has 0 aliphatic heterocycles. The number of rotatable bonds is 6. The molecule has 9 aromatic rings. The molecule has 8 aromatic carbocycles. The minimum Gasteiger partial charge on any atom is -0.355 e. The van der Waals surface area contributed by atoms with Gasteiger partial charge in [-0.2, -0.15) is 0 Å². The quantitative estimate of drug-likeness (QED) is 0.173. The maximum Gasteiger partial charge on any atom is 0.0538 e. The van der Waals surface area contributed by atoms with Crippen molar-refractivity contribution in [3.05, 3.63) is 205 Å². The summed E-state index contributed by atoms with van der Waals surface area (Å²) in [5.74, 6) is 0. The number of fused-ring (bicyclic) bond motifs is 5. The normalized spacial score (nSPS) is 15.2. The zero-order valence-corrected chi connectivity index (χ0v) is 29.6. The third kappa shape index (κ3) is 5.02. The Morgan fingerprint density at radius 1 is 0.491 bits per heavy atom. The zero-order valence-electron chi connectivity index (χ0n) is 29.6. The summed E-state index contributed by atoms with van der Waals surface area (Å²) < 4.78 is 2.52. The highest BCUT2D eigenvalue weighted by molar-refractivity contribution is 6.21. The Morgan fingerprint density at radius 3 is 1.64 bits per heavy atom. The molecule has 252 valence electrons. The average molecular weight is 679 g/mol. The van der Waals surface area contributed by atoms with Gasteiger partial charge in [0.2, 0.25) is 0 Å². The fraction of sp³-hybridized carbons (Fsp3) is 0.0588. The van der Waals surface area contributed by atoms with Gasteiger partial charge in [0.1, 0.15) is 0 Å². The van der Waals surface area contributed by atoms with Crippen molar-refractivity contribution >= 4 is 49.9 Å². The SMILES string of the molecule is CC1(c2ccccc2Nc2ccccc2)CC=Cc2c1n(-c1ccc(-c3c4ccccc4c(-c4ccccc4)c4ccccc34)cc1)c1ccccc21. The van der Waals surface area contributed by atoms with Crippen LogP contribution in [0.4, 0.5) is 11.4 Å². The van der Waals surface area contributed by atoms with Gasteiger partial charge < -0.3 is 9.88 Å². The van der Waals surface area contributed by atoms with Crippen LogP contribution >= 0.6 is 0 Å². The number of para-hydroxylation sites is 3. The zero-order chi connectivity index (χ0) is 35.4. The fourth-order valence-electron chi connectivity index (χ4n) is 8.88. The van der Waals surface area contributed by atoms with Crippen LogP contribution in [0.3, 0.4) is 0 Å². The standard InChI is InChI=1S/C51H38N2/c1-51(45-27-13-14-28-46(45)52-37-19-6-3-7-20-37)34-16-26-44-39-21-12-15-29-47(39)53(50(44)51)38-32-30-36(31-33-38)49-42-24-10-8-22-40(42)48(35-17-4-2-5-18-35)41-23-9-11-25-43(41)49/h2-33,52H,34H2,1H3. The molecule has 1 atom stereocenters. The van der Waals surface area contributed by atoms with Gasteiger partial charge in [0.15, 0.2) is 0 Å². The molecule has 10 rings (SSSR count). The van der Waals surface area contributed by atoms with Gasteiger partial charge in [-0.3, -0.25) is 0 Å². The number of anilines is 2. The molecule has 2 heteroatoms. The summed E-state index contributed by atoms with van der Waals surface area (Å²) in [5, 5.41) is 10.1. The van der Waals surface area contributed by atoms with E-state index in [-0.39, 0.29) is 5.41 Å². The highest BCUT2D eigenvalue weighted by Gasteiger charge is 2.38. The summed E-state index contributed by atoms with van der Waals surface area (Å²) in [4.78, 5) is 0. The largest absolute Gasteiger partial charge is 0.355 e. The maximum atomic E-state index is 3.75. The third-order valence-electron chi connectivity index (χ3n) is 11.2. The van der Waals surface area contributed by atoms with Crippen LogP contribution in [0.15, 0.2) is 188 Å². The van der Waals surface area contributed by atoms with Crippen LogP contribution in [0, 0.1) is 0 Å². The van der Waals surface area contributed by atoms with Crippen LogP contribution in [0.1, 0.15) is 30.2 Å². The summed E-state index contributed by atoms with van der Waals surface area (Å²) in [6, 6.07) is 66.1. The molecule has 0 spiro atoms. The van der Waals surface area contributed by atoms with Crippen molar-refractivity contribution in [2.45, 2.75) is 18.8 Å². The molecule has 1 aromatic heterocycles. The van der Waals surface area contributed by atoms with E-state index in [0.717, 1.165) is 23.5 Å². The molecule has 0 fully saturated rings. The van der Waals surface area contributed by atoms with Gasteiger partial charge in [0.05, 0.1) is 5.52 Å². The Labute approximate surface area is 310 Å². The highest BCUT2D eigenvalue weighted by atomic mass is 15.0. The molecule has 0 radical (unpaired) electrons. The molecule has 1 aliphatic carbocycles. The lowest BCUT2D eigenvalue weighted by atomic mass is 9.71. The lowest BCUT2D eigenvalue weighted by Crippen LogP contribution is -2.29. The van der Waals surface area contributed by atoms with Crippen molar-refractivity contribution in [3.63, 3.8) is 0 Å². The van der Waals surface area contributed by atoms with E-state index in [1.54, 1.807) is 0 Å². The van der Waals surface area contributed by atoms with E-state index in [2.05, 4.69) is 211 Å². The van der Waals surface area contributed by atoms with Crippen molar-refractivity contribution in [3.8, 4) is 27.9 Å². The topological polar surface area (TPSA) is 17.0 Å². The minimum atomic E-state index is -0.292. The van der Waals surface area contributed by atoms with Crippen LogP contribution in [-0.4, -0.2) is 4.57 Å². The smallest absolute Gasteiger partial charge is 0.0538 e. The van der Waals surface area contributed by atoms with Gasteiger partial charge >= 0.3 is 0 Å². The molecule has 53 heavy (non-hydrogen) atoms. The number of nitrogens with one attached hydrogen (secondary N) is 1. The molecule has 1 heterocycles. The molecule has 0 amide bonds. The van der Waals surface area contributed by atoms with Crippen molar-refractivity contribution in [1.82, 2.24) is 4.57 Å². The van der Waals surface area contributed by atoms with E-state index in [4.69, 9.17) is 0 Å². The lowest BCUT2D eigenvalue weighted by molar-refractivity contribution is 0.548. The molecule has 1 N–H and O–H groups in total. The first-order valence-electron chi connectivity index (χ1n) is 18.5. The number of nitrogens with zero attached hydrogens (tertiary/aromatic N) is 1. The molecule has 1 unspecified atom stereocenters. The first-order valence-corrected chi connectivity index (χ1v) is 18.5. The Kier molecular flexibility index (Phi) is 7.37. The van der Waals surface area contributed by atoms with E-state index in [9.17, 15) is 0 Å². The van der Waals surface area contributed by atoms with E-state index < -0.39 is 0 Å². The van der Waals surface area contributed by atoms with E-state index in [0.29, 0.717) is 0 Å². The molecule has 1 aliphatic rings. The number of allylic oxidation sites excluding steroid dienone is 1. The first-order chi connectivity index (χ1) is 26.2. The lowest BCUT2D eigenvalue weighted by Gasteiger charge is -2.36. The van der Waals surface area contributed by atoms with Crippen molar-refractivity contribution in [1.29, 1.82) is 0 Å². The van der Waals surface area contributed by atoms with Crippen LogP contribution in [0.5, 0.6) is 0 Å². The maximum absolute atomic E-state index is 3.75. The first kappa shape index (κ1) is 31.1. The molecular weight excluding hydrogens is 641 g/mol. The summed E-state index contributed by atoms with van der Waals surface area (Å²) >= 11 is 0. The van der Waals surface area contributed by atoms with Crippen LogP contribution < -0.4 is 5.32 Å². The number of aromatic nitrogens is 1. The molecule has 0 saturated carbocycles. The van der Waals surface area contributed by atoms with Crippen molar-refractivity contribution < 1.29 is 0 Å². The molecular formula is C51H38N2. The number of hydrogen-bond donors (Lipinski definition) is 1. The van der Waals surface area contributed by atoms with Gasteiger partial charge in [-0.25, -0.2) is 0 Å². The van der Waals surface area contributed by atoms with E-state index >= 15 is 0 Å². The van der Waals surface area contributed by atoms with Gasteiger partial charge in [-0.05, 0) is 99.1 Å². The van der Waals surface area contributed by atoms with Crippen LogP contribution in [0.2, 0.25) is 0 Å². The number of benzene rings is 8. The van der Waals surface area contributed by atoms with Gasteiger partial charge in [0.25, 0.3) is 0 Å². The Hall–Kier alpha value is -6.64. The summed E-state index contributed by atoms with van der Waals surface area (Å²) in [6.07, 6.45) is 5.59. The number of hydrogen-bond acceptors (Lipinski definition) is 1. The van der Waals surface area contributed by atoms with E-state index in [1.165, 1.54) is 71.5 Å². The third-order valence-corrected chi connectivity index (χ3v) is 11.2. The highest BCUT2D eigenvalue weighted by Crippen LogP contribution is 2.49.